The van der Waals surface area contributed by atoms with Gasteiger partial charge >= 0.3 is 171 Å². The van der Waals surface area contributed by atoms with Crippen LogP contribution in [-0.4, -0.2) is 13.3 Å². The van der Waals surface area contributed by atoms with E-state index in [4.69, 9.17) is 0 Å². The molecule has 0 fully saturated rings. The number of aromatic nitrogens is 1. The Morgan fingerprint density at radius 1 is 1.00 bits per heavy atom. The monoisotopic (exact) mass is 428 g/mol. The van der Waals surface area contributed by atoms with E-state index in [1.165, 1.54) is 40.8 Å². The maximum absolute atomic E-state index is 2.50. The van der Waals surface area contributed by atoms with Crippen molar-refractivity contribution in [1.29, 1.82) is 0 Å². The van der Waals surface area contributed by atoms with E-state index >= 15 is 0 Å². The van der Waals surface area contributed by atoms with Gasteiger partial charge in [-0.3, -0.25) is 0 Å². The Hall–Kier alpha value is -1.09. The Morgan fingerprint density at radius 2 is 1.59 bits per heavy atom. The van der Waals surface area contributed by atoms with Crippen molar-refractivity contribution < 1.29 is 4.57 Å². The molecule has 2 aromatic rings. The number of benzene rings is 1. The van der Waals surface area contributed by atoms with Crippen LogP contribution < -0.4 is 8.96 Å². The van der Waals surface area contributed by atoms with Gasteiger partial charge in [-0.15, -0.1) is 0 Å². The van der Waals surface area contributed by atoms with E-state index in [2.05, 4.69) is 101 Å². The molecule has 0 aliphatic rings. The average Bonchev–Trinajstić information content (AvgIpc) is 2.55. The van der Waals surface area contributed by atoms with E-state index in [0.29, 0.717) is 5.92 Å². The molecule has 2 rings (SSSR count). The fourth-order valence-corrected chi connectivity index (χ4v) is 7.92. The van der Waals surface area contributed by atoms with Crippen molar-refractivity contribution in [2.75, 3.05) is 0 Å². The van der Waals surface area contributed by atoms with Crippen LogP contribution in [0.2, 0.25) is 17.3 Å². The summed E-state index contributed by atoms with van der Waals surface area (Å²) in [5, 5.41) is 0. The molecule has 1 aromatic heterocycles. The van der Waals surface area contributed by atoms with Crippen molar-refractivity contribution in [2.45, 2.75) is 83.0 Å². The van der Waals surface area contributed by atoms with Crippen molar-refractivity contribution in [3.8, 4) is 11.3 Å². The fraction of sp³-hybridized carbons (Fsp3) is 0.560. The van der Waals surface area contributed by atoms with Crippen LogP contribution in [0, 0.1) is 6.92 Å². The van der Waals surface area contributed by atoms with E-state index in [1.54, 1.807) is 4.40 Å². The van der Waals surface area contributed by atoms with E-state index in [-0.39, 0.29) is 5.41 Å². The summed E-state index contributed by atoms with van der Waals surface area (Å²) < 4.78 is 4.00. The molecular formula is C25H40GeN+. The van der Waals surface area contributed by atoms with Gasteiger partial charge in [0.25, 0.3) is 0 Å². The first-order valence-corrected chi connectivity index (χ1v) is 17.9. The van der Waals surface area contributed by atoms with Crippen LogP contribution >= 0.6 is 0 Å². The molecule has 1 nitrogen and oxygen atoms in total. The quantitative estimate of drug-likeness (QED) is 0.393. The number of pyridine rings is 1. The number of nitrogens with zero attached hydrogens (tertiary/aromatic N) is 1. The first-order chi connectivity index (χ1) is 12.4. The predicted octanol–water partition coefficient (Wildman–Crippen LogP) is 6.23. The molecule has 0 aliphatic heterocycles. The SMILES string of the molecule is CCC(CC)c1ccc(C)c(-c2cc(C(C)(C)C)[c]([Ge]([CH3])([CH3])[CH3])c[n+]2C)c1. The third-order valence-electron chi connectivity index (χ3n) is 5.88. The summed E-state index contributed by atoms with van der Waals surface area (Å²) >= 11 is -1.96. The molecule has 0 spiro atoms. The Balaban J connectivity index is 2.75. The second kappa shape index (κ2) is 8.11. The van der Waals surface area contributed by atoms with E-state index in [9.17, 15) is 0 Å². The van der Waals surface area contributed by atoms with Crippen LogP contribution in [0.4, 0.5) is 0 Å². The van der Waals surface area contributed by atoms with Gasteiger partial charge in [-0.1, -0.05) is 0 Å². The molecule has 0 amide bonds. The van der Waals surface area contributed by atoms with Gasteiger partial charge in [-0.25, -0.2) is 0 Å². The summed E-state index contributed by atoms with van der Waals surface area (Å²) in [6.07, 6.45) is 4.85. The first kappa shape index (κ1) is 22.2. The van der Waals surface area contributed by atoms with Crippen LogP contribution in [0.3, 0.4) is 0 Å². The Labute approximate surface area is 170 Å². The maximum atomic E-state index is 2.50. The average molecular weight is 427 g/mol. The van der Waals surface area contributed by atoms with Gasteiger partial charge in [-0.05, 0) is 0 Å². The van der Waals surface area contributed by atoms with Crippen LogP contribution in [-0.2, 0) is 12.5 Å². The molecule has 1 heterocycles. The zero-order chi connectivity index (χ0) is 20.6. The van der Waals surface area contributed by atoms with Crippen molar-refractivity contribution in [3.63, 3.8) is 0 Å². The first-order valence-electron chi connectivity index (χ1n) is 10.6. The summed E-state index contributed by atoms with van der Waals surface area (Å²) in [6, 6.07) is 9.59. The molecule has 0 unspecified atom stereocenters. The van der Waals surface area contributed by atoms with Crippen molar-refractivity contribution >= 4 is 17.7 Å². The number of rotatable bonds is 5. The second-order valence-electron chi connectivity index (χ2n) is 10.2. The molecule has 2 heteroatoms. The third kappa shape index (κ3) is 4.85. The number of hydrogen-bond acceptors (Lipinski definition) is 0. The Bertz CT molecular complexity index is 802. The predicted molar refractivity (Wildman–Crippen MR) is 123 cm³/mol. The fourth-order valence-electron chi connectivity index (χ4n) is 4.06. The topological polar surface area (TPSA) is 3.88 Å². The molecule has 0 aliphatic carbocycles. The summed E-state index contributed by atoms with van der Waals surface area (Å²) in [5.41, 5.74) is 7.29. The normalized spacial score (nSPS) is 12.7. The number of hydrogen-bond donors (Lipinski definition) is 0. The standard InChI is InChI=1S/C25H40GeN/c1-11-19(12-2)20-14-13-18(3)21(15-20)24-16-22(25(4,5)6)23(17-27(24)10)26(7,8)9/h13-17,19H,11-12H2,1-10H3/q+1. The van der Waals surface area contributed by atoms with Gasteiger partial charge in [0, 0.05) is 0 Å². The van der Waals surface area contributed by atoms with E-state index in [1.807, 2.05) is 0 Å². The second-order valence-corrected chi connectivity index (χ2v) is 20.8. The van der Waals surface area contributed by atoms with Gasteiger partial charge in [0.15, 0.2) is 0 Å². The van der Waals surface area contributed by atoms with Gasteiger partial charge < -0.3 is 0 Å². The molecule has 1 aromatic carbocycles. The molecule has 27 heavy (non-hydrogen) atoms. The molecule has 0 N–H and O–H groups in total. The molecule has 148 valence electrons. The summed E-state index contributed by atoms with van der Waals surface area (Å²) in [5.74, 6) is 8.16. The third-order valence-corrected chi connectivity index (χ3v) is 10.1. The van der Waals surface area contributed by atoms with Gasteiger partial charge in [0.05, 0.1) is 0 Å². The van der Waals surface area contributed by atoms with Crippen LogP contribution in [0.5, 0.6) is 0 Å². The molecule has 0 atom stereocenters. The number of aryl methyl sites for hydroxylation is 2. The van der Waals surface area contributed by atoms with Gasteiger partial charge in [0.2, 0.25) is 0 Å². The zero-order valence-electron chi connectivity index (χ0n) is 19.3. The molecule has 0 saturated carbocycles. The Kier molecular flexibility index (Phi) is 6.67. The van der Waals surface area contributed by atoms with Crippen LogP contribution in [0.1, 0.15) is 70.1 Å². The summed E-state index contributed by atoms with van der Waals surface area (Å²) in [7, 11) is 2.22. The minimum absolute atomic E-state index is 0.164. The van der Waals surface area contributed by atoms with Crippen LogP contribution in [0.15, 0.2) is 30.5 Å². The van der Waals surface area contributed by atoms with Crippen molar-refractivity contribution in [3.05, 3.63) is 47.2 Å². The van der Waals surface area contributed by atoms with Gasteiger partial charge in [-0.2, -0.15) is 0 Å². The minimum atomic E-state index is -1.96. The van der Waals surface area contributed by atoms with E-state index < -0.39 is 13.3 Å². The Morgan fingerprint density at radius 3 is 2.07 bits per heavy atom. The summed E-state index contributed by atoms with van der Waals surface area (Å²) in [4.78, 5) is 0. The molecule has 0 bridgehead atoms. The molecular weight excluding hydrogens is 387 g/mol. The summed E-state index contributed by atoms with van der Waals surface area (Å²) in [6.45, 7) is 13.9. The van der Waals surface area contributed by atoms with Crippen molar-refractivity contribution in [2.24, 2.45) is 7.05 Å². The molecule has 0 saturated heterocycles. The van der Waals surface area contributed by atoms with Gasteiger partial charge in [0.1, 0.15) is 0 Å². The van der Waals surface area contributed by atoms with E-state index in [0.717, 1.165) is 0 Å². The van der Waals surface area contributed by atoms with Crippen LogP contribution in [0.25, 0.3) is 11.3 Å². The molecule has 0 radical (unpaired) electrons. The van der Waals surface area contributed by atoms with Crippen molar-refractivity contribution in [1.82, 2.24) is 0 Å². The zero-order valence-corrected chi connectivity index (χ0v) is 21.4.